The van der Waals surface area contributed by atoms with Crippen molar-refractivity contribution in [3.63, 3.8) is 0 Å². The Bertz CT molecular complexity index is 786. The topological polar surface area (TPSA) is 63.6 Å². The molecule has 0 radical (unpaired) electrons. The summed E-state index contributed by atoms with van der Waals surface area (Å²) in [6, 6.07) is 7.36. The lowest BCUT2D eigenvalue weighted by molar-refractivity contribution is -0.115. The van der Waals surface area contributed by atoms with Crippen molar-refractivity contribution < 1.29 is 13.2 Å². The van der Waals surface area contributed by atoms with Crippen molar-refractivity contribution >= 4 is 79.5 Å². The first-order chi connectivity index (χ1) is 10.1. The lowest BCUT2D eigenvalue weighted by Gasteiger charge is -2.29. The number of ketones is 1. The lowest BCUT2D eigenvalue weighted by atomic mass is 10.0. The van der Waals surface area contributed by atoms with Crippen molar-refractivity contribution in [2.75, 3.05) is 0 Å². The zero-order chi connectivity index (χ0) is 16.7. The molecule has 0 aliphatic heterocycles. The van der Waals surface area contributed by atoms with E-state index in [0.717, 1.165) is 0 Å². The Kier molecular flexibility index (Phi) is 5.17. The lowest BCUT2D eigenvalue weighted by Crippen LogP contribution is -2.45. The Balaban J connectivity index is 2.63. The number of alkyl halides is 3. The number of nitrogens with zero attached hydrogens (tertiary/aromatic N) is 1. The SMILES string of the molecule is O=C1C(Cl)=C(Cl)C(=NS(=O)(=O)c2ccccc2)C(Cl)C1(Cl)Cl. The molecule has 0 spiro atoms. The molecule has 0 aromatic heterocycles. The van der Waals surface area contributed by atoms with Gasteiger partial charge in [-0.25, -0.2) is 0 Å². The van der Waals surface area contributed by atoms with Gasteiger partial charge in [0, 0.05) is 0 Å². The van der Waals surface area contributed by atoms with E-state index in [-0.39, 0.29) is 10.6 Å². The number of rotatable bonds is 2. The van der Waals surface area contributed by atoms with Crippen LogP contribution in [0.25, 0.3) is 0 Å². The van der Waals surface area contributed by atoms with Crippen molar-refractivity contribution in [1.29, 1.82) is 0 Å². The van der Waals surface area contributed by atoms with E-state index in [4.69, 9.17) is 58.0 Å². The summed E-state index contributed by atoms with van der Waals surface area (Å²) >= 11 is 29.2. The molecule has 1 aromatic carbocycles. The maximum Gasteiger partial charge on any atom is 0.282 e. The predicted octanol–water partition coefficient (Wildman–Crippen LogP) is 3.87. The van der Waals surface area contributed by atoms with Gasteiger partial charge in [0.25, 0.3) is 10.0 Å². The first-order valence-corrected chi connectivity index (χ1v) is 9.00. The van der Waals surface area contributed by atoms with Gasteiger partial charge < -0.3 is 0 Å². The number of Topliss-reactive ketones (excluding diaryl/α,β-unsaturated/α-hetero) is 1. The quantitative estimate of drug-likeness (QED) is 0.681. The fourth-order valence-electron chi connectivity index (χ4n) is 1.62. The van der Waals surface area contributed by atoms with Gasteiger partial charge in [-0.2, -0.15) is 12.8 Å². The number of halogens is 5. The summed E-state index contributed by atoms with van der Waals surface area (Å²) in [6.07, 6.45) is 0. The molecule has 1 atom stereocenters. The molecule has 2 rings (SSSR count). The number of sulfonamides is 1. The number of hydrogen-bond acceptors (Lipinski definition) is 3. The molecular formula is C12H6Cl5NO3S. The molecular weight excluding hydrogens is 415 g/mol. The molecule has 118 valence electrons. The van der Waals surface area contributed by atoms with E-state index in [1.165, 1.54) is 24.3 Å². The highest BCUT2D eigenvalue weighted by Gasteiger charge is 2.51. The Hall–Kier alpha value is -0.300. The Morgan fingerprint density at radius 1 is 1.05 bits per heavy atom. The van der Waals surface area contributed by atoms with E-state index in [1.54, 1.807) is 6.07 Å². The molecule has 1 aliphatic rings. The van der Waals surface area contributed by atoms with Crippen LogP contribution >= 0.6 is 58.0 Å². The minimum atomic E-state index is -4.12. The molecule has 0 heterocycles. The van der Waals surface area contributed by atoms with Gasteiger partial charge >= 0.3 is 0 Å². The highest BCUT2D eigenvalue weighted by Crippen LogP contribution is 2.42. The molecule has 1 aliphatic carbocycles. The van der Waals surface area contributed by atoms with E-state index in [2.05, 4.69) is 4.40 Å². The van der Waals surface area contributed by atoms with Gasteiger partial charge in [-0.15, -0.1) is 11.6 Å². The fourth-order valence-corrected chi connectivity index (χ4v) is 4.08. The maximum absolute atomic E-state index is 12.2. The molecule has 10 heteroatoms. The second kappa shape index (κ2) is 6.30. The van der Waals surface area contributed by atoms with Crippen LogP contribution in [0.4, 0.5) is 0 Å². The average molecular weight is 422 g/mol. The van der Waals surface area contributed by atoms with E-state index in [1.807, 2.05) is 0 Å². The second-order valence-electron chi connectivity index (χ2n) is 4.21. The fraction of sp³-hybridized carbons (Fsp3) is 0.167. The number of hydrogen-bond donors (Lipinski definition) is 0. The van der Waals surface area contributed by atoms with Gasteiger partial charge in [-0.05, 0) is 12.1 Å². The predicted molar refractivity (Wildman–Crippen MR) is 88.9 cm³/mol. The highest BCUT2D eigenvalue weighted by molar-refractivity contribution is 7.90. The molecule has 4 nitrogen and oxygen atoms in total. The Morgan fingerprint density at radius 3 is 2.14 bits per heavy atom. The molecule has 0 saturated carbocycles. The van der Waals surface area contributed by atoms with Crippen LogP contribution in [0, 0.1) is 0 Å². The van der Waals surface area contributed by atoms with Crippen LogP contribution in [-0.4, -0.2) is 29.6 Å². The van der Waals surface area contributed by atoms with Gasteiger partial charge in [0.1, 0.15) is 10.4 Å². The first kappa shape index (κ1) is 18.0. The molecule has 0 bridgehead atoms. The zero-order valence-corrected chi connectivity index (χ0v) is 15.0. The molecule has 22 heavy (non-hydrogen) atoms. The molecule has 0 amide bonds. The second-order valence-corrected chi connectivity index (χ2v) is 8.39. The van der Waals surface area contributed by atoms with Crippen molar-refractivity contribution in [3.05, 3.63) is 40.4 Å². The smallest absolute Gasteiger partial charge is 0.282 e. The normalized spacial score (nSPS) is 24.0. The highest BCUT2D eigenvalue weighted by atomic mass is 35.5. The molecule has 1 unspecified atom stereocenters. The van der Waals surface area contributed by atoms with Crippen LogP contribution < -0.4 is 0 Å². The van der Waals surface area contributed by atoms with Gasteiger partial charge in [0.05, 0.1) is 15.6 Å². The average Bonchev–Trinajstić information content (AvgIpc) is 2.49. The van der Waals surface area contributed by atoms with Crippen LogP contribution in [0.5, 0.6) is 0 Å². The van der Waals surface area contributed by atoms with E-state index in [0.29, 0.717) is 0 Å². The molecule has 0 fully saturated rings. The number of benzene rings is 1. The monoisotopic (exact) mass is 419 g/mol. The summed E-state index contributed by atoms with van der Waals surface area (Å²) in [5.41, 5.74) is -0.387. The third-order valence-corrected chi connectivity index (χ3v) is 6.42. The van der Waals surface area contributed by atoms with Crippen molar-refractivity contribution in [2.45, 2.75) is 14.6 Å². The largest absolute Gasteiger partial charge is 0.290 e. The van der Waals surface area contributed by atoms with Gasteiger partial charge in [0.15, 0.2) is 0 Å². The van der Waals surface area contributed by atoms with E-state index in [9.17, 15) is 13.2 Å². The summed E-state index contributed by atoms with van der Waals surface area (Å²) in [4.78, 5) is 11.7. The standard InChI is InChI=1S/C12H6Cl5NO3S/c13-7-8(14)11(19)12(16,17)10(15)9(7)18-22(20,21)6-4-2-1-3-5-6/h1-5,10H. The van der Waals surface area contributed by atoms with E-state index >= 15 is 0 Å². The minimum absolute atomic E-state index is 0.0846. The summed E-state index contributed by atoms with van der Waals surface area (Å²) in [5.74, 6) is -0.918. The summed E-state index contributed by atoms with van der Waals surface area (Å²) in [7, 11) is -4.12. The van der Waals surface area contributed by atoms with Gasteiger partial charge in [-0.1, -0.05) is 64.6 Å². The van der Waals surface area contributed by atoms with Gasteiger partial charge in [-0.3, -0.25) is 4.79 Å². The van der Waals surface area contributed by atoms with Crippen LogP contribution in [0.2, 0.25) is 0 Å². The third-order valence-electron chi connectivity index (χ3n) is 2.74. The van der Waals surface area contributed by atoms with Crippen LogP contribution in [0.15, 0.2) is 49.7 Å². The number of carbonyl (C=O) groups is 1. The van der Waals surface area contributed by atoms with Crippen molar-refractivity contribution in [3.8, 4) is 0 Å². The van der Waals surface area contributed by atoms with Crippen LogP contribution in [0.3, 0.4) is 0 Å². The summed E-state index contributed by atoms with van der Waals surface area (Å²) in [5, 5.41) is -2.40. The van der Waals surface area contributed by atoms with Gasteiger partial charge in [0.2, 0.25) is 10.1 Å². The first-order valence-electron chi connectivity index (χ1n) is 5.61. The number of allylic oxidation sites excluding steroid dienone is 2. The van der Waals surface area contributed by atoms with Crippen molar-refractivity contribution in [1.82, 2.24) is 0 Å². The van der Waals surface area contributed by atoms with Crippen LogP contribution in [-0.2, 0) is 14.8 Å². The zero-order valence-electron chi connectivity index (χ0n) is 10.4. The summed E-state index contributed by atoms with van der Waals surface area (Å²) < 4.78 is 25.9. The van der Waals surface area contributed by atoms with E-state index < -0.39 is 35.6 Å². The molecule has 0 N–H and O–H groups in total. The minimum Gasteiger partial charge on any atom is -0.290 e. The molecule has 0 saturated heterocycles. The number of carbonyl (C=O) groups excluding carboxylic acids is 1. The summed E-state index contributed by atoms with van der Waals surface area (Å²) in [6.45, 7) is 0. The third kappa shape index (κ3) is 3.16. The van der Waals surface area contributed by atoms with Crippen LogP contribution in [0.1, 0.15) is 0 Å². The van der Waals surface area contributed by atoms with Crippen molar-refractivity contribution in [2.24, 2.45) is 4.40 Å². The Labute approximate surface area is 151 Å². The maximum atomic E-state index is 12.2. The molecule has 1 aromatic rings. The Morgan fingerprint density at radius 2 is 1.59 bits per heavy atom.